The van der Waals surface area contributed by atoms with Crippen molar-refractivity contribution in [2.75, 3.05) is 5.32 Å². The standard InChI is InChI=1S/C17H15NO2/c1-2-9-16(14-10-5-3-6-11-14)20-17(19)18-15-12-7-4-8-13-15/h3-8,10-13,16H,1H3,(H,18,19). The Morgan fingerprint density at radius 2 is 1.65 bits per heavy atom. The van der Waals surface area contributed by atoms with Gasteiger partial charge in [-0.1, -0.05) is 54.5 Å². The Morgan fingerprint density at radius 3 is 2.25 bits per heavy atom. The van der Waals surface area contributed by atoms with Crippen LogP contribution in [0.1, 0.15) is 18.6 Å². The predicted molar refractivity (Wildman–Crippen MR) is 79.2 cm³/mol. The number of benzene rings is 2. The summed E-state index contributed by atoms with van der Waals surface area (Å²) in [6.45, 7) is 1.72. The fourth-order valence-electron chi connectivity index (χ4n) is 1.72. The van der Waals surface area contributed by atoms with Gasteiger partial charge in [0.1, 0.15) is 0 Å². The number of carbonyl (C=O) groups is 1. The summed E-state index contributed by atoms with van der Waals surface area (Å²) >= 11 is 0. The number of hydrogen-bond acceptors (Lipinski definition) is 2. The maximum atomic E-state index is 11.9. The van der Waals surface area contributed by atoms with Crippen LogP contribution >= 0.6 is 0 Å². The van der Waals surface area contributed by atoms with E-state index in [0.29, 0.717) is 5.69 Å². The van der Waals surface area contributed by atoms with E-state index >= 15 is 0 Å². The summed E-state index contributed by atoms with van der Waals surface area (Å²) in [7, 11) is 0. The van der Waals surface area contributed by atoms with Gasteiger partial charge in [0.2, 0.25) is 0 Å². The van der Waals surface area contributed by atoms with Gasteiger partial charge in [-0.3, -0.25) is 5.32 Å². The molecule has 3 heteroatoms. The molecule has 1 amide bonds. The second kappa shape index (κ2) is 7.01. The number of amides is 1. The zero-order chi connectivity index (χ0) is 14.2. The SMILES string of the molecule is CC#CC(OC(=O)Nc1ccccc1)c1ccccc1. The van der Waals surface area contributed by atoms with Gasteiger partial charge in [0, 0.05) is 11.3 Å². The highest BCUT2D eigenvalue weighted by Crippen LogP contribution is 2.17. The van der Waals surface area contributed by atoms with Crippen LogP contribution in [0, 0.1) is 11.8 Å². The molecule has 0 saturated heterocycles. The molecule has 0 bridgehead atoms. The molecule has 2 rings (SSSR count). The first-order valence-electron chi connectivity index (χ1n) is 6.29. The van der Waals surface area contributed by atoms with Gasteiger partial charge in [-0.25, -0.2) is 4.79 Å². The third kappa shape index (κ3) is 3.89. The molecule has 0 saturated carbocycles. The first-order chi connectivity index (χ1) is 9.79. The van der Waals surface area contributed by atoms with Crippen LogP contribution in [0.25, 0.3) is 0 Å². The zero-order valence-corrected chi connectivity index (χ0v) is 11.2. The third-order valence-electron chi connectivity index (χ3n) is 2.62. The van der Waals surface area contributed by atoms with Gasteiger partial charge >= 0.3 is 6.09 Å². The molecule has 100 valence electrons. The number of carbonyl (C=O) groups excluding carboxylic acids is 1. The second-order valence-corrected chi connectivity index (χ2v) is 4.08. The van der Waals surface area contributed by atoms with E-state index in [2.05, 4.69) is 17.2 Å². The average molecular weight is 265 g/mol. The van der Waals surface area contributed by atoms with Crippen LogP contribution in [0.5, 0.6) is 0 Å². The Morgan fingerprint density at radius 1 is 1.05 bits per heavy atom. The van der Waals surface area contributed by atoms with Crippen LogP contribution in [-0.4, -0.2) is 6.09 Å². The van der Waals surface area contributed by atoms with E-state index in [0.717, 1.165) is 5.56 Å². The van der Waals surface area contributed by atoms with Crippen LogP contribution in [0.3, 0.4) is 0 Å². The van der Waals surface area contributed by atoms with Gasteiger partial charge in [-0.05, 0) is 19.1 Å². The lowest BCUT2D eigenvalue weighted by Crippen LogP contribution is -2.16. The molecule has 0 aliphatic carbocycles. The van der Waals surface area contributed by atoms with Gasteiger partial charge in [-0.2, -0.15) is 0 Å². The summed E-state index contributed by atoms with van der Waals surface area (Å²) in [5.74, 6) is 5.66. The third-order valence-corrected chi connectivity index (χ3v) is 2.62. The van der Waals surface area contributed by atoms with E-state index in [1.165, 1.54) is 0 Å². The van der Waals surface area contributed by atoms with E-state index in [9.17, 15) is 4.79 Å². The predicted octanol–water partition coefficient (Wildman–Crippen LogP) is 4.00. The van der Waals surface area contributed by atoms with Crippen molar-refractivity contribution in [1.29, 1.82) is 0 Å². The lowest BCUT2D eigenvalue weighted by atomic mass is 10.1. The summed E-state index contributed by atoms with van der Waals surface area (Å²) < 4.78 is 5.36. The van der Waals surface area contributed by atoms with Crippen molar-refractivity contribution < 1.29 is 9.53 Å². The Kier molecular flexibility index (Phi) is 4.80. The first kappa shape index (κ1) is 13.7. The van der Waals surface area contributed by atoms with Gasteiger partial charge in [0.25, 0.3) is 0 Å². The topological polar surface area (TPSA) is 38.3 Å². The molecular weight excluding hydrogens is 250 g/mol. The molecule has 0 radical (unpaired) electrons. The molecule has 0 aromatic heterocycles. The Labute approximate surface area is 118 Å². The summed E-state index contributed by atoms with van der Waals surface area (Å²) in [6.07, 6.45) is -1.09. The van der Waals surface area contributed by atoms with Gasteiger partial charge in [-0.15, -0.1) is 5.92 Å². The number of rotatable bonds is 3. The maximum Gasteiger partial charge on any atom is 0.413 e. The lowest BCUT2D eigenvalue weighted by Gasteiger charge is -2.13. The van der Waals surface area contributed by atoms with E-state index in [-0.39, 0.29) is 0 Å². The normalized spacial score (nSPS) is 10.8. The summed E-state index contributed by atoms with van der Waals surface area (Å²) in [6, 6.07) is 18.6. The molecule has 0 spiro atoms. The summed E-state index contributed by atoms with van der Waals surface area (Å²) in [5, 5.41) is 2.67. The van der Waals surface area contributed by atoms with Gasteiger partial charge in [0.05, 0.1) is 0 Å². The molecule has 1 atom stereocenters. The van der Waals surface area contributed by atoms with Crippen LogP contribution < -0.4 is 5.32 Å². The molecule has 3 nitrogen and oxygen atoms in total. The highest BCUT2D eigenvalue weighted by atomic mass is 16.6. The Hall–Kier alpha value is -2.73. The largest absolute Gasteiger partial charge is 0.428 e. The summed E-state index contributed by atoms with van der Waals surface area (Å²) in [5.41, 5.74) is 1.54. The molecule has 2 aromatic rings. The molecule has 2 aromatic carbocycles. The minimum atomic E-state index is -0.565. The molecule has 0 fully saturated rings. The van der Waals surface area contributed by atoms with Crippen LogP contribution in [0.2, 0.25) is 0 Å². The first-order valence-corrected chi connectivity index (χ1v) is 6.29. The maximum absolute atomic E-state index is 11.9. The summed E-state index contributed by atoms with van der Waals surface area (Å²) in [4.78, 5) is 11.9. The minimum absolute atomic E-state index is 0.521. The zero-order valence-electron chi connectivity index (χ0n) is 11.2. The number of anilines is 1. The Bertz CT molecular complexity index is 612. The quantitative estimate of drug-likeness (QED) is 0.852. The van der Waals surface area contributed by atoms with Crippen molar-refractivity contribution in [1.82, 2.24) is 0 Å². The number of para-hydroxylation sites is 1. The lowest BCUT2D eigenvalue weighted by molar-refractivity contribution is 0.138. The molecule has 1 unspecified atom stereocenters. The van der Waals surface area contributed by atoms with Crippen LogP contribution in [0.15, 0.2) is 60.7 Å². The average Bonchev–Trinajstić information content (AvgIpc) is 2.49. The van der Waals surface area contributed by atoms with E-state index < -0.39 is 12.2 Å². The number of hydrogen-bond donors (Lipinski definition) is 1. The highest BCUT2D eigenvalue weighted by Gasteiger charge is 2.13. The molecular formula is C17H15NO2. The highest BCUT2D eigenvalue weighted by molar-refractivity contribution is 5.84. The van der Waals surface area contributed by atoms with Crippen LogP contribution in [0.4, 0.5) is 10.5 Å². The molecule has 20 heavy (non-hydrogen) atoms. The number of nitrogens with one attached hydrogen (secondary N) is 1. The van der Waals surface area contributed by atoms with Crippen molar-refractivity contribution in [2.45, 2.75) is 13.0 Å². The molecule has 1 N–H and O–H groups in total. The van der Waals surface area contributed by atoms with E-state index in [4.69, 9.17) is 4.74 Å². The van der Waals surface area contributed by atoms with Crippen LogP contribution in [-0.2, 0) is 4.74 Å². The fraction of sp³-hybridized carbons (Fsp3) is 0.118. The smallest absolute Gasteiger partial charge is 0.413 e. The van der Waals surface area contributed by atoms with Crippen molar-refractivity contribution in [3.05, 3.63) is 66.2 Å². The molecule has 0 aliphatic heterocycles. The second-order valence-electron chi connectivity index (χ2n) is 4.08. The van der Waals surface area contributed by atoms with Crippen molar-refractivity contribution in [3.8, 4) is 11.8 Å². The molecule has 0 heterocycles. The van der Waals surface area contributed by atoms with Crippen molar-refractivity contribution >= 4 is 11.8 Å². The van der Waals surface area contributed by atoms with Crippen molar-refractivity contribution in [2.24, 2.45) is 0 Å². The minimum Gasteiger partial charge on any atom is -0.428 e. The Balaban J connectivity index is 2.05. The fourth-order valence-corrected chi connectivity index (χ4v) is 1.72. The number of ether oxygens (including phenoxy) is 1. The van der Waals surface area contributed by atoms with E-state index in [1.807, 2.05) is 48.5 Å². The van der Waals surface area contributed by atoms with E-state index in [1.54, 1.807) is 19.1 Å². The van der Waals surface area contributed by atoms with Gasteiger partial charge < -0.3 is 4.74 Å². The monoisotopic (exact) mass is 265 g/mol. The van der Waals surface area contributed by atoms with Gasteiger partial charge in [0.15, 0.2) is 6.10 Å². The molecule has 0 aliphatic rings. The van der Waals surface area contributed by atoms with Crippen molar-refractivity contribution in [3.63, 3.8) is 0 Å².